The van der Waals surface area contributed by atoms with Crippen LogP contribution in [0.3, 0.4) is 0 Å². The number of benzene rings is 2. The maximum Gasteiger partial charge on any atom is 0.251 e. The minimum absolute atomic E-state index is 0.00542. The number of anilines is 1. The van der Waals surface area contributed by atoms with E-state index >= 15 is 0 Å². The van der Waals surface area contributed by atoms with Gasteiger partial charge >= 0.3 is 0 Å². The van der Waals surface area contributed by atoms with Crippen molar-refractivity contribution in [2.45, 2.75) is 70.9 Å². The first-order valence-corrected chi connectivity index (χ1v) is 16.0. The molecule has 1 saturated carbocycles. The molecule has 2 aliphatic carbocycles. The van der Waals surface area contributed by atoms with Gasteiger partial charge in [0, 0.05) is 62.5 Å². The quantitative estimate of drug-likeness (QED) is 0.355. The van der Waals surface area contributed by atoms with Crippen LogP contribution < -0.4 is 15.4 Å². The fourth-order valence-electron chi connectivity index (χ4n) is 6.05. The fraction of sp³-hybridized carbons (Fsp3) is 0.472. The average Bonchev–Trinajstić information content (AvgIpc) is 3.84. The molecule has 44 heavy (non-hydrogen) atoms. The first kappa shape index (κ1) is 30.3. The second kappa shape index (κ2) is 12.7. The highest BCUT2D eigenvalue weighted by Gasteiger charge is 2.30. The molecule has 2 N–H and O–H groups in total. The van der Waals surface area contributed by atoms with Crippen molar-refractivity contribution in [1.82, 2.24) is 20.1 Å². The molecule has 6 rings (SSSR count). The molecule has 8 heteroatoms. The number of pyridine rings is 1. The third-order valence-electron chi connectivity index (χ3n) is 9.03. The molecule has 2 heterocycles. The molecule has 3 aromatic rings. The van der Waals surface area contributed by atoms with Crippen LogP contribution in [-0.2, 0) is 29.6 Å². The van der Waals surface area contributed by atoms with Gasteiger partial charge < -0.3 is 20.3 Å². The molecule has 0 spiro atoms. The molecular weight excluding hydrogens is 550 g/mol. The minimum Gasteiger partial charge on any atom is -0.457 e. The number of nitrogens with one attached hydrogen (secondary N) is 2. The van der Waals surface area contributed by atoms with Crippen molar-refractivity contribution in [2.75, 3.05) is 38.5 Å². The van der Waals surface area contributed by atoms with Gasteiger partial charge in [-0.2, -0.15) is 0 Å². The number of hydrogen-bond donors (Lipinski definition) is 2. The minimum atomic E-state index is -0.0499. The summed E-state index contributed by atoms with van der Waals surface area (Å²) in [4.78, 5) is 34.9. The van der Waals surface area contributed by atoms with E-state index < -0.39 is 0 Å². The Hall–Kier alpha value is -3.75. The number of ether oxygens (including phenoxy) is 1. The highest BCUT2D eigenvalue weighted by Crippen LogP contribution is 2.32. The number of rotatable bonds is 8. The topological polar surface area (TPSA) is 86.8 Å². The van der Waals surface area contributed by atoms with Crippen molar-refractivity contribution in [1.29, 1.82) is 0 Å². The van der Waals surface area contributed by atoms with Crippen molar-refractivity contribution in [3.8, 4) is 11.5 Å². The summed E-state index contributed by atoms with van der Waals surface area (Å²) in [6.45, 7) is 11.7. The van der Waals surface area contributed by atoms with Crippen LogP contribution in [0.5, 0.6) is 11.5 Å². The highest BCUT2D eigenvalue weighted by atomic mass is 16.5. The summed E-state index contributed by atoms with van der Waals surface area (Å²) in [5.41, 5.74) is 5.57. The van der Waals surface area contributed by atoms with Crippen LogP contribution in [0.4, 0.5) is 5.82 Å². The predicted molar refractivity (Wildman–Crippen MR) is 173 cm³/mol. The van der Waals surface area contributed by atoms with Gasteiger partial charge in [-0.3, -0.25) is 14.5 Å². The maximum atomic E-state index is 13.7. The summed E-state index contributed by atoms with van der Waals surface area (Å²) in [5, 5.41) is 6.23. The van der Waals surface area contributed by atoms with Crippen molar-refractivity contribution in [3.63, 3.8) is 0 Å². The number of nitrogens with zero attached hydrogens (tertiary/aromatic N) is 3. The van der Waals surface area contributed by atoms with Gasteiger partial charge in [0.05, 0.1) is 0 Å². The average molecular weight is 596 g/mol. The zero-order chi connectivity index (χ0) is 30.8. The Kier molecular flexibility index (Phi) is 8.74. The van der Waals surface area contributed by atoms with E-state index in [4.69, 9.17) is 4.74 Å². The second-order valence-electron chi connectivity index (χ2n) is 13.8. The number of carbonyl (C=O) groups excluding carboxylic acids is 2. The summed E-state index contributed by atoms with van der Waals surface area (Å²) < 4.78 is 6.17. The van der Waals surface area contributed by atoms with E-state index in [1.807, 2.05) is 6.07 Å². The standard InChI is InChI=1S/C36H45N5O3/c1-36(2,3)29-18-24(23-41-15-13-40(4)14-16-41)17-28(19-29)35(43)38-30-9-7-25-8-10-31(21-27(25)20-30)44-32-11-12-37-33(22-32)39-34(42)26-5-6-26/h8,10-12,17-19,21-22,26,30H,5-7,9,13-16,20,23H2,1-4H3,(H,38,43)(H,37,39,42). The van der Waals surface area contributed by atoms with Gasteiger partial charge in [-0.05, 0) is 97.2 Å². The molecular formula is C36H45N5O3. The number of fused-ring (bicyclic) bond motifs is 1. The normalized spacial score (nSPS) is 19.2. The van der Waals surface area contributed by atoms with E-state index in [1.54, 1.807) is 18.3 Å². The van der Waals surface area contributed by atoms with E-state index in [1.165, 1.54) is 22.3 Å². The molecule has 8 nitrogen and oxygen atoms in total. The first-order chi connectivity index (χ1) is 21.1. The molecule has 2 fully saturated rings. The van der Waals surface area contributed by atoms with E-state index in [-0.39, 0.29) is 29.2 Å². The Morgan fingerprint density at radius 1 is 0.932 bits per heavy atom. The smallest absolute Gasteiger partial charge is 0.251 e. The zero-order valence-electron chi connectivity index (χ0n) is 26.5. The Morgan fingerprint density at radius 2 is 1.70 bits per heavy atom. The van der Waals surface area contributed by atoms with Crippen LogP contribution in [0, 0.1) is 5.92 Å². The van der Waals surface area contributed by atoms with Crippen LogP contribution in [0.2, 0.25) is 0 Å². The fourth-order valence-corrected chi connectivity index (χ4v) is 6.05. The van der Waals surface area contributed by atoms with Gasteiger partial charge in [0.1, 0.15) is 17.3 Å². The molecule has 3 aliphatic rings. The van der Waals surface area contributed by atoms with E-state index in [9.17, 15) is 9.59 Å². The van der Waals surface area contributed by atoms with E-state index in [0.29, 0.717) is 11.6 Å². The second-order valence-corrected chi connectivity index (χ2v) is 13.8. The summed E-state index contributed by atoms with van der Waals surface area (Å²) in [6.07, 6.45) is 6.10. The lowest BCUT2D eigenvalue weighted by molar-refractivity contribution is -0.117. The first-order valence-electron chi connectivity index (χ1n) is 16.0. The van der Waals surface area contributed by atoms with Crippen LogP contribution in [0.15, 0.2) is 54.7 Å². The monoisotopic (exact) mass is 595 g/mol. The van der Waals surface area contributed by atoms with Gasteiger partial charge in [-0.25, -0.2) is 4.98 Å². The highest BCUT2D eigenvalue weighted by molar-refractivity contribution is 5.95. The lowest BCUT2D eigenvalue weighted by Gasteiger charge is -2.33. The SMILES string of the molecule is CN1CCN(Cc2cc(C(=O)NC3CCc4ccc(Oc5ccnc(NC(=O)C6CC6)c5)cc4C3)cc(C(C)(C)C)c2)CC1. The number of likely N-dealkylation sites (N-methyl/N-ethyl adjacent to an activating group) is 1. The third kappa shape index (κ3) is 7.66. The summed E-state index contributed by atoms with van der Waals surface area (Å²) in [5.74, 6) is 1.98. The van der Waals surface area contributed by atoms with Gasteiger partial charge in [-0.1, -0.05) is 32.9 Å². The largest absolute Gasteiger partial charge is 0.457 e. The number of aromatic nitrogens is 1. The molecule has 1 atom stereocenters. The van der Waals surface area contributed by atoms with Gasteiger partial charge in [-0.15, -0.1) is 0 Å². The molecule has 232 valence electrons. The van der Waals surface area contributed by atoms with Crippen molar-refractivity contribution >= 4 is 17.6 Å². The number of aryl methyl sites for hydroxylation is 1. The Labute approximate surface area is 261 Å². The summed E-state index contributed by atoms with van der Waals surface area (Å²) in [7, 11) is 2.17. The third-order valence-corrected chi connectivity index (χ3v) is 9.03. The van der Waals surface area contributed by atoms with Crippen LogP contribution in [-0.4, -0.2) is 65.9 Å². The lowest BCUT2D eigenvalue weighted by Crippen LogP contribution is -2.44. The molecule has 0 bridgehead atoms. The van der Waals surface area contributed by atoms with Crippen molar-refractivity contribution in [3.05, 3.63) is 82.5 Å². The Balaban J connectivity index is 1.12. The molecule has 1 unspecified atom stereocenters. The van der Waals surface area contributed by atoms with Crippen LogP contribution in [0.25, 0.3) is 0 Å². The summed E-state index contributed by atoms with van der Waals surface area (Å²) in [6, 6.07) is 16.2. The molecule has 2 aromatic carbocycles. The molecule has 1 saturated heterocycles. The predicted octanol–water partition coefficient (Wildman–Crippen LogP) is 5.55. The molecule has 2 amide bonds. The lowest BCUT2D eigenvalue weighted by atomic mass is 9.84. The maximum absolute atomic E-state index is 13.7. The summed E-state index contributed by atoms with van der Waals surface area (Å²) >= 11 is 0. The van der Waals surface area contributed by atoms with Crippen LogP contribution >= 0.6 is 0 Å². The Morgan fingerprint density at radius 3 is 2.45 bits per heavy atom. The number of amides is 2. The zero-order valence-corrected chi connectivity index (χ0v) is 26.5. The Bertz CT molecular complexity index is 1520. The van der Waals surface area contributed by atoms with Gasteiger partial charge in [0.2, 0.25) is 5.91 Å². The molecule has 0 radical (unpaired) electrons. The van der Waals surface area contributed by atoms with Crippen molar-refractivity contribution < 1.29 is 14.3 Å². The number of piperazine rings is 1. The van der Waals surface area contributed by atoms with Gasteiger partial charge in [0.25, 0.3) is 5.91 Å². The number of carbonyl (C=O) groups is 2. The van der Waals surface area contributed by atoms with E-state index in [2.05, 4.69) is 83.6 Å². The molecule has 1 aromatic heterocycles. The molecule has 1 aliphatic heterocycles. The van der Waals surface area contributed by atoms with Crippen LogP contribution in [0.1, 0.15) is 72.6 Å². The van der Waals surface area contributed by atoms with Gasteiger partial charge in [0.15, 0.2) is 0 Å². The van der Waals surface area contributed by atoms with Crippen molar-refractivity contribution in [2.24, 2.45) is 5.92 Å². The van der Waals surface area contributed by atoms with E-state index in [0.717, 1.165) is 76.1 Å². The number of hydrogen-bond acceptors (Lipinski definition) is 6.